The highest BCUT2D eigenvalue weighted by molar-refractivity contribution is 6.00. The zero-order valence-corrected chi connectivity index (χ0v) is 23.4. The Morgan fingerprint density at radius 3 is 2.23 bits per heavy atom. The molecule has 1 saturated heterocycles. The third kappa shape index (κ3) is 8.79. The van der Waals surface area contributed by atoms with E-state index in [0.29, 0.717) is 43.7 Å². The Hall–Kier alpha value is -2.92. The highest BCUT2D eigenvalue weighted by Crippen LogP contribution is 2.18. The summed E-state index contributed by atoms with van der Waals surface area (Å²) in [6, 6.07) is 6.67. The summed E-state index contributed by atoms with van der Waals surface area (Å²) in [7, 11) is 0. The maximum absolute atomic E-state index is 13.9. The van der Waals surface area contributed by atoms with Crippen LogP contribution >= 0.6 is 0 Å². The molecule has 0 aromatic heterocycles. The van der Waals surface area contributed by atoms with Crippen LogP contribution in [0.1, 0.15) is 65.0 Å². The van der Waals surface area contributed by atoms with Crippen molar-refractivity contribution in [2.45, 2.75) is 70.8 Å². The number of nitrogens with one attached hydrogen (secondary N) is 1. The molecule has 8 nitrogen and oxygen atoms in total. The zero-order chi connectivity index (χ0) is 29.4. The van der Waals surface area contributed by atoms with Crippen LogP contribution in [-0.4, -0.2) is 94.0 Å². The van der Waals surface area contributed by atoms with Crippen molar-refractivity contribution in [3.8, 4) is 0 Å². The van der Waals surface area contributed by atoms with Crippen LogP contribution in [0.4, 0.5) is 8.78 Å². The number of aryl methyl sites for hydroxylation is 1. The Morgan fingerprint density at radius 2 is 1.65 bits per heavy atom. The summed E-state index contributed by atoms with van der Waals surface area (Å²) in [5.41, 5.74) is 1.45. The summed E-state index contributed by atoms with van der Waals surface area (Å²) in [6.45, 7) is 7.87. The van der Waals surface area contributed by atoms with Gasteiger partial charge in [-0.3, -0.25) is 14.5 Å². The number of rotatable bonds is 13. The molecule has 2 aromatic carbocycles. The Bertz CT molecular complexity index is 1140. The first-order valence-electron chi connectivity index (χ1n) is 13.9. The minimum atomic E-state index is -1.48. The molecule has 2 amide bonds. The summed E-state index contributed by atoms with van der Waals surface area (Å²) in [5.74, 6) is -2.38. The van der Waals surface area contributed by atoms with Crippen molar-refractivity contribution < 1.29 is 33.7 Å². The lowest BCUT2D eigenvalue weighted by Crippen LogP contribution is -2.52. The van der Waals surface area contributed by atoms with Crippen LogP contribution in [0.5, 0.6) is 0 Å². The van der Waals surface area contributed by atoms with Gasteiger partial charge in [0.2, 0.25) is 0 Å². The predicted molar refractivity (Wildman–Crippen MR) is 148 cm³/mol. The molecule has 1 fully saturated rings. The van der Waals surface area contributed by atoms with E-state index < -0.39 is 41.9 Å². The van der Waals surface area contributed by atoms with E-state index in [4.69, 9.17) is 0 Å². The van der Waals surface area contributed by atoms with E-state index in [1.165, 1.54) is 6.07 Å². The SMILES string of the molecule is CCCN(CCC)C(=O)c1cc(C)cc(C(=O)N[C@@H](Cc2cc(F)cc(F)c2)[C@H](O)[C@@H](O)CN2CC[C@@H](O)C2)c1. The first kappa shape index (κ1) is 31.6. The third-order valence-electron chi connectivity index (χ3n) is 7.05. The zero-order valence-electron chi connectivity index (χ0n) is 23.4. The van der Waals surface area contributed by atoms with Gasteiger partial charge in [-0.1, -0.05) is 13.8 Å². The number of aliphatic hydroxyl groups is 3. The van der Waals surface area contributed by atoms with Gasteiger partial charge in [-0.15, -0.1) is 0 Å². The highest BCUT2D eigenvalue weighted by atomic mass is 19.1. The highest BCUT2D eigenvalue weighted by Gasteiger charge is 2.32. The van der Waals surface area contributed by atoms with Gasteiger partial charge in [-0.2, -0.15) is 0 Å². The third-order valence-corrected chi connectivity index (χ3v) is 7.05. The fourth-order valence-corrected chi connectivity index (χ4v) is 5.19. The van der Waals surface area contributed by atoms with Gasteiger partial charge in [-0.25, -0.2) is 8.78 Å². The Balaban J connectivity index is 1.85. The first-order chi connectivity index (χ1) is 19.0. The molecule has 40 heavy (non-hydrogen) atoms. The molecule has 0 unspecified atom stereocenters. The van der Waals surface area contributed by atoms with E-state index in [0.717, 1.165) is 31.0 Å². The minimum absolute atomic E-state index is 0.0515. The molecule has 0 aliphatic carbocycles. The fourth-order valence-electron chi connectivity index (χ4n) is 5.19. The number of β-amino-alcohol motifs (C(OH)–C–C–N with tert-alkyl or cyclic N) is 2. The molecule has 0 radical (unpaired) electrons. The molecule has 10 heteroatoms. The number of benzene rings is 2. The summed E-state index contributed by atoms with van der Waals surface area (Å²) in [4.78, 5) is 30.2. The number of nitrogens with zero attached hydrogens (tertiary/aromatic N) is 2. The molecule has 1 aliphatic heterocycles. The van der Waals surface area contributed by atoms with Gasteiger partial charge in [0.1, 0.15) is 17.7 Å². The van der Waals surface area contributed by atoms with Gasteiger partial charge >= 0.3 is 0 Å². The predicted octanol–water partition coefficient (Wildman–Crippen LogP) is 2.66. The molecular formula is C30H41F2N3O5. The maximum atomic E-state index is 13.9. The van der Waals surface area contributed by atoms with Crippen LogP contribution in [0, 0.1) is 18.6 Å². The molecule has 4 N–H and O–H groups in total. The normalized spacial score (nSPS) is 17.9. The van der Waals surface area contributed by atoms with Crippen molar-refractivity contribution in [2.24, 2.45) is 0 Å². The quantitative estimate of drug-likeness (QED) is 0.299. The van der Waals surface area contributed by atoms with E-state index in [1.807, 2.05) is 13.8 Å². The van der Waals surface area contributed by atoms with Crippen molar-refractivity contribution in [2.75, 3.05) is 32.7 Å². The number of aliphatic hydroxyl groups excluding tert-OH is 3. The smallest absolute Gasteiger partial charge is 0.253 e. The topological polar surface area (TPSA) is 113 Å². The van der Waals surface area contributed by atoms with Crippen molar-refractivity contribution in [1.82, 2.24) is 15.1 Å². The molecule has 0 saturated carbocycles. The Labute approximate surface area is 234 Å². The number of hydrogen-bond acceptors (Lipinski definition) is 6. The van der Waals surface area contributed by atoms with Crippen molar-refractivity contribution in [1.29, 1.82) is 0 Å². The molecule has 1 heterocycles. The van der Waals surface area contributed by atoms with E-state index >= 15 is 0 Å². The lowest BCUT2D eigenvalue weighted by Gasteiger charge is -2.30. The average molecular weight is 562 g/mol. The lowest BCUT2D eigenvalue weighted by atomic mass is 9.96. The van der Waals surface area contributed by atoms with Gasteiger partial charge in [-0.05, 0) is 74.1 Å². The van der Waals surface area contributed by atoms with Crippen molar-refractivity contribution in [3.63, 3.8) is 0 Å². The second kappa shape index (κ2) is 14.6. The van der Waals surface area contributed by atoms with E-state index in [9.17, 15) is 33.7 Å². The number of amides is 2. The largest absolute Gasteiger partial charge is 0.392 e. The Morgan fingerprint density at radius 1 is 1.02 bits per heavy atom. The summed E-state index contributed by atoms with van der Waals surface area (Å²) >= 11 is 0. The monoisotopic (exact) mass is 561 g/mol. The van der Waals surface area contributed by atoms with Crippen LogP contribution < -0.4 is 5.32 Å². The molecule has 4 atom stereocenters. The van der Waals surface area contributed by atoms with Gasteiger partial charge in [0, 0.05) is 49.9 Å². The minimum Gasteiger partial charge on any atom is -0.392 e. The molecular weight excluding hydrogens is 520 g/mol. The van der Waals surface area contributed by atoms with Crippen LogP contribution in [0.2, 0.25) is 0 Å². The summed E-state index contributed by atoms with van der Waals surface area (Å²) in [6.07, 6.45) is -1.32. The van der Waals surface area contributed by atoms with E-state index in [-0.39, 0.29) is 30.0 Å². The first-order valence-corrected chi connectivity index (χ1v) is 13.9. The fraction of sp³-hybridized carbons (Fsp3) is 0.533. The Kier molecular flexibility index (Phi) is 11.6. The molecule has 1 aliphatic rings. The van der Waals surface area contributed by atoms with Crippen molar-refractivity contribution >= 4 is 11.8 Å². The van der Waals surface area contributed by atoms with Gasteiger partial charge in [0.05, 0.1) is 18.2 Å². The average Bonchev–Trinajstić information content (AvgIpc) is 3.30. The van der Waals surface area contributed by atoms with Gasteiger partial charge in [0.25, 0.3) is 11.8 Å². The molecule has 2 aromatic rings. The lowest BCUT2D eigenvalue weighted by molar-refractivity contribution is -0.0189. The maximum Gasteiger partial charge on any atom is 0.253 e. The molecule has 0 bridgehead atoms. The summed E-state index contributed by atoms with van der Waals surface area (Å²) < 4.78 is 27.8. The second-order valence-electron chi connectivity index (χ2n) is 10.7. The van der Waals surface area contributed by atoms with Crippen molar-refractivity contribution in [3.05, 3.63) is 70.3 Å². The van der Waals surface area contributed by atoms with Gasteiger partial charge in [0.15, 0.2) is 0 Å². The summed E-state index contributed by atoms with van der Waals surface area (Å²) in [5, 5.41) is 34.4. The number of carbonyl (C=O) groups excluding carboxylic acids is 2. The number of halogens is 2. The number of hydrogen-bond donors (Lipinski definition) is 4. The molecule has 220 valence electrons. The van der Waals surface area contributed by atoms with E-state index in [1.54, 1.807) is 28.9 Å². The van der Waals surface area contributed by atoms with E-state index in [2.05, 4.69) is 5.32 Å². The number of carbonyl (C=O) groups is 2. The van der Waals surface area contributed by atoms with Crippen LogP contribution in [0.15, 0.2) is 36.4 Å². The van der Waals surface area contributed by atoms with Gasteiger partial charge < -0.3 is 25.5 Å². The van der Waals surface area contributed by atoms with Crippen LogP contribution in [0.25, 0.3) is 0 Å². The van der Waals surface area contributed by atoms with Crippen LogP contribution in [0.3, 0.4) is 0 Å². The molecule has 3 rings (SSSR count). The number of likely N-dealkylation sites (tertiary alicyclic amines) is 1. The molecule has 0 spiro atoms. The second-order valence-corrected chi connectivity index (χ2v) is 10.7. The standard InChI is InChI=1S/C30H41F2N3O5/c1-4-7-35(8-5-2)30(40)22-11-19(3)10-21(15-22)29(39)33-26(14-20-12-23(31)16-24(32)13-20)28(38)27(37)18-34-9-6-25(36)17-34/h10-13,15-16,25-28,36-38H,4-9,14,17-18H2,1-3H3,(H,33,39)/t25-,26+,27+,28+/m1/s1. The van der Waals surface area contributed by atoms with Crippen LogP contribution in [-0.2, 0) is 6.42 Å².